The van der Waals surface area contributed by atoms with Gasteiger partial charge in [-0.1, -0.05) is 23.8 Å². The molecule has 0 aromatic heterocycles. The fourth-order valence-electron chi connectivity index (χ4n) is 2.90. The molecule has 33 heavy (non-hydrogen) atoms. The average Bonchev–Trinajstić information content (AvgIpc) is 2.82. The summed E-state index contributed by atoms with van der Waals surface area (Å²) >= 11 is 0. The van der Waals surface area contributed by atoms with Gasteiger partial charge in [0.15, 0.2) is 6.61 Å². The van der Waals surface area contributed by atoms with Crippen LogP contribution in [-0.2, 0) is 29.0 Å². The second kappa shape index (κ2) is 12.3. The molecule has 0 heterocycles. The quantitative estimate of drug-likeness (QED) is 0.431. The molecule has 180 valence electrons. The summed E-state index contributed by atoms with van der Waals surface area (Å²) in [6.07, 6.45) is 0. The highest BCUT2D eigenvalue weighted by atomic mass is 32.2. The number of amides is 1. The van der Waals surface area contributed by atoms with E-state index in [0.717, 1.165) is 9.87 Å². The predicted molar refractivity (Wildman–Crippen MR) is 124 cm³/mol. The first kappa shape index (κ1) is 26.3. The van der Waals surface area contributed by atoms with E-state index in [1.807, 2.05) is 19.1 Å². The summed E-state index contributed by atoms with van der Waals surface area (Å²) in [6, 6.07) is 12.6. The van der Waals surface area contributed by atoms with Gasteiger partial charge >= 0.3 is 5.97 Å². The van der Waals surface area contributed by atoms with Crippen LogP contribution in [0, 0.1) is 6.92 Å². The number of hydrogen-bond acceptors (Lipinski definition) is 7. The molecule has 2 aromatic rings. The van der Waals surface area contributed by atoms with Crippen LogP contribution in [0.1, 0.15) is 15.9 Å². The third-order valence-electron chi connectivity index (χ3n) is 4.94. The molecule has 0 fully saturated rings. The summed E-state index contributed by atoms with van der Waals surface area (Å²) in [4.78, 5) is 26.3. The molecule has 0 spiro atoms. The molecule has 9 nitrogen and oxygen atoms in total. The molecule has 0 aliphatic heterocycles. The number of hydrogen-bond donors (Lipinski definition) is 0. The highest BCUT2D eigenvalue weighted by Gasteiger charge is 2.23. The molecule has 2 rings (SSSR count). The minimum atomic E-state index is -3.90. The monoisotopic (exact) mass is 478 g/mol. The summed E-state index contributed by atoms with van der Waals surface area (Å²) in [7, 11) is 0.587. The first-order valence-electron chi connectivity index (χ1n) is 10.3. The van der Waals surface area contributed by atoms with E-state index in [2.05, 4.69) is 0 Å². The third kappa shape index (κ3) is 7.28. The number of benzene rings is 2. The van der Waals surface area contributed by atoms with Crippen LogP contribution in [0.15, 0.2) is 53.4 Å². The Morgan fingerprint density at radius 3 is 2.12 bits per heavy atom. The summed E-state index contributed by atoms with van der Waals surface area (Å²) in [5, 5.41) is 0. The largest absolute Gasteiger partial charge is 0.452 e. The molecule has 0 bridgehead atoms. The Morgan fingerprint density at radius 1 is 0.939 bits per heavy atom. The van der Waals surface area contributed by atoms with Crippen molar-refractivity contribution in [2.45, 2.75) is 11.8 Å². The summed E-state index contributed by atoms with van der Waals surface area (Å²) in [6.45, 7) is 2.75. The number of anilines is 1. The molecule has 1 amide bonds. The Morgan fingerprint density at radius 2 is 1.55 bits per heavy atom. The lowest BCUT2D eigenvalue weighted by Crippen LogP contribution is -2.39. The molecule has 0 saturated carbocycles. The highest BCUT2D eigenvalue weighted by Crippen LogP contribution is 2.23. The first-order chi connectivity index (χ1) is 15.7. The maximum Gasteiger partial charge on any atom is 0.338 e. The minimum absolute atomic E-state index is 0.0292. The number of ether oxygens (including phenoxy) is 3. The van der Waals surface area contributed by atoms with E-state index in [9.17, 15) is 18.0 Å². The molecule has 10 heteroatoms. The number of nitrogens with zero attached hydrogens (tertiary/aromatic N) is 2. The van der Waals surface area contributed by atoms with Gasteiger partial charge in [-0.25, -0.2) is 13.2 Å². The van der Waals surface area contributed by atoms with Crippen LogP contribution in [-0.4, -0.2) is 79.4 Å². The third-order valence-corrected chi connectivity index (χ3v) is 6.72. The van der Waals surface area contributed by atoms with Gasteiger partial charge in [0.2, 0.25) is 0 Å². The lowest BCUT2D eigenvalue weighted by molar-refractivity contribution is -0.135. The van der Waals surface area contributed by atoms with Crippen molar-refractivity contribution >= 4 is 27.6 Å². The standard InChI is InChI=1S/C23H30N2O7S/c1-18-8-10-20(11-9-18)24(2)33(28,29)21-7-5-6-19(16-21)23(27)32-17-22(26)25(12-14-30-3)13-15-31-4/h5-11,16H,12-15,17H2,1-4H3. The number of esters is 1. The van der Waals surface area contributed by atoms with Gasteiger partial charge in [0.1, 0.15) is 0 Å². The van der Waals surface area contributed by atoms with E-state index in [4.69, 9.17) is 14.2 Å². The number of methoxy groups -OCH3 is 2. The van der Waals surface area contributed by atoms with E-state index < -0.39 is 28.5 Å². The zero-order valence-corrected chi connectivity index (χ0v) is 20.1. The van der Waals surface area contributed by atoms with Gasteiger partial charge in [0.25, 0.3) is 15.9 Å². The summed E-state index contributed by atoms with van der Waals surface area (Å²) in [5.41, 5.74) is 1.53. The molecule has 0 saturated heterocycles. The lowest BCUT2D eigenvalue weighted by atomic mass is 10.2. The molecule has 2 aromatic carbocycles. The number of carbonyl (C=O) groups excluding carboxylic acids is 2. The number of aryl methyl sites for hydroxylation is 1. The van der Waals surface area contributed by atoms with Crippen molar-refractivity contribution in [1.82, 2.24) is 4.90 Å². The van der Waals surface area contributed by atoms with Crippen molar-refractivity contribution in [1.29, 1.82) is 0 Å². The van der Waals surface area contributed by atoms with E-state index in [1.54, 1.807) is 12.1 Å². The normalized spacial score (nSPS) is 11.2. The van der Waals surface area contributed by atoms with Gasteiger partial charge in [-0.3, -0.25) is 9.10 Å². The number of carbonyl (C=O) groups is 2. The topological polar surface area (TPSA) is 102 Å². The fraction of sp³-hybridized carbons (Fsp3) is 0.391. The second-order valence-corrected chi connectivity index (χ2v) is 9.25. The molecule has 0 N–H and O–H groups in total. The van der Waals surface area contributed by atoms with Crippen LogP contribution in [0.25, 0.3) is 0 Å². The zero-order chi connectivity index (χ0) is 24.4. The SMILES string of the molecule is COCCN(CCOC)C(=O)COC(=O)c1cccc(S(=O)(=O)N(C)c2ccc(C)cc2)c1. The van der Waals surface area contributed by atoms with Crippen LogP contribution >= 0.6 is 0 Å². The number of sulfonamides is 1. The van der Waals surface area contributed by atoms with E-state index in [0.29, 0.717) is 32.0 Å². The van der Waals surface area contributed by atoms with Crippen molar-refractivity contribution in [3.8, 4) is 0 Å². The Labute approximate surface area is 194 Å². The highest BCUT2D eigenvalue weighted by molar-refractivity contribution is 7.92. The fourth-order valence-corrected chi connectivity index (χ4v) is 4.14. The predicted octanol–water partition coefficient (Wildman–Crippen LogP) is 2.10. The maximum absolute atomic E-state index is 13.0. The Balaban J connectivity index is 2.10. The van der Waals surface area contributed by atoms with Crippen molar-refractivity contribution in [2.24, 2.45) is 0 Å². The van der Waals surface area contributed by atoms with Crippen molar-refractivity contribution < 1.29 is 32.2 Å². The van der Waals surface area contributed by atoms with E-state index >= 15 is 0 Å². The molecule has 0 atom stereocenters. The van der Waals surface area contributed by atoms with Crippen molar-refractivity contribution in [2.75, 3.05) is 58.5 Å². The van der Waals surface area contributed by atoms with Crippen molar-refractivity contribution in [3.05, 3.63) is 59.7 Å². The molecular formula is C23H30N2O7S. The van der Waals surface area contributed by atoms with Crippen molar-refractivity contribution in [3.63, 3.8) is 0 Å². The van der Waals surface area contributed by atoms with E-state index in [-0.39, 0.29) is 10.5 Å². The lowest BCUT2D eigenvalue weighted by Gasteiger charge is -2.22. The summed E-state index contributed by atoms with van der Waals surface area (Å²) < 4.78 is 42.3. The maximum atomic E-state index is 13.0. The Hall–Kier alpha value is -2.95. The van der Waals surface area contributed by atoms with Gasteiger partial charge in [-0.15, -0.1) is 0 Å². The average molecular weight is 479 g/mol. The Bertz CT molecular complexity index is 1030. The second-order valence-electron chi connectivity index (χ2n) is 7.28. The first-order valence-corrected chi connectivity index (χ1v) is 11.7. The molecular weight excluding hydrogens is 448 g/mol. The van der Waals surface area contributed by atoms with Gasteiger partial charge in [-0.05, 0) is 37.3 Å². The van der Waals surface area contributed by atoms with Gasteiger partial charge < -0.3 is 19.1 Å². The minimum Gasteiger partial charge on any atom is -0.452 e. The van der Waals surface area contributed by atoms with Crippen LogP contribution in [0.2, 0.25) is 0 Å². The van der Waals surface area contributed by atoms with Gasteiger partial charge in [0, 0.05) is 34.4 Å². The molecule has 0 radical (unpaired) electrons. The smallest absolute Gasteiger partial charge is 0.338 e. The molecule has 0 aliphatic carbocycles. The van der Waals surface area contributed by atoms with Gasteiger partial charge in [-0.2, -0.15) is 0 Å². The number of rotatable bonds is 12. The van der Waals surface area contributed by atoms with Gasteiger partial charge in [0.05, 0.1) is 29.4 Å². The zero-order valence-electron chi connectivity index (χ0n) is 19.3. The summed E-state index contributed by atoms with van der Waals surface area (Å²) in [5.74, 6) is -1.20. The van der Waals surface area contributed by atoms with Crippen LogP contribution in [0.4, 0.5) is 5.69 Å². The molecule has 0 unspecified atom stereocenters. The van der Waals surface area contributed by atoms with E-state index in [1.165, 1.54) is 50.4 Å². The van der Waals surface area contributed by atoms with Crippen LogP contribution in [0.5, 0.6) is 0 Å². The van der Waals surface area contributed by atoms with Crippen LogP contribution in [0.3, 0.4) is 0 Å². The Kier molecular flexibility index (Phi) is 9.83. The van der Waals surface area contributed by atoms with Crippen LogP contribution < -0.4 is 4.31 Å². The molecule has 0 aliphatic rings.